The molecule has 0 aliphatic carbocycles. The number of benzene rings is 1. The highest BCUT2D eigenvalue weighted by atomic mass is 14.9. The molecule has 3 heteroatoms. The van der Waals surface area contributed by atoms with Crippen LogP contribution >= 0.6 is 0 Å². The molecule has 0 bridgehead atoms. The topological polar surface area (TPSA) is 12.0 Å². The average Bonchev–Trinajstić information content (AvgIpc) is 2.46. The van der Waals surface area contributed by atoms with Gasteiger partial charge in [0.25, 0.3) is 0 Å². The zero-order chi connectivity index (χ0) is 7.68. The van der Waals surface area contributed by atoms with Gasteiger partial charge in [-0.25, -0.2) is 0 Å². The Morgan fingerprint density at radius 2 is 2.27 bits per heavy atom. The van der Waals surface area contributed by atoms with Crippen LogP contribution in [0.25, 0.3) is 0 Å². The van der Waals surface area contributed by atoms with Crippen LogP contribution in [0.15, 0.2) is 24.3 Å². The van der Waals surface area contributed by atoms with Gasteiger partial charge < -0.3 is 5.32 Å². The van der Waals surface area contributed by atoms with Crippen LogP contribution in [-0.4, -0.2) is 20.8 Å². The zero-order valence-electron chi connectivity index (χ0n) is 6.80. The standard InChI is InChI=1S/C8H11B2N/c9-10-8-5-6-3-1-2-4-7(6)11-8/h1-4,8,10-11H,5,9H2/t8-/m0/s1. The lowest BCUT2D eigenvalue weighted by Gasteiger charge is -2.04. The summed E-state index contributed by atoms with van der Waals surface area (Å²) in [5, 5.41) is 3.48. The van der Waals surface area contributed by atoms with E-state index >= 15 is 0 Å². The maximum atomic E-state index is 3.48. The lowest BCUT2D eigenvalue weighted by Crippen LogP contribution is -2.23. The molecule has 1 aliphatic rings. The van der Waals surface area contributed by atoms with Crippen molar-refractivity contribution in [2.75, 3.05) is 5.32 Å². The summed E-state index contributed by atoms with van der Waals surface area (Å²) < 4.78 is 0. The summed E-state index contributed by atoms with van der Waals surface area (Å²) in [6.07, 6.45) is 1.20. The zero-order valence-corrected chi connectivity index (χ0v) is 6.80. The van der Waals surface area contributed by atoms with E-state index in [0.717, 1.165) is 0 Å². The summed E-state index contributed by atoms with van der Waals surface area (Å²) in [5.41, 5.74) is 2.80. The van der Waals surface area contributed by atoms with Crippen molar-refractivity contribution in [1.82, 2.24) is 0 Å². The van der Waals surface area contributed by atoms with Crippen molar-refractivity contribution >= 4 is 20.6 Å². The predicted molar refractivity (Wildman–Crippen MR) is 53.2 cm³/mol. The second-order valence-electron chi connectivity index (χ2n) is 3.11. The van der Waals surface area contributed by atoms with Crippen LogP contribution in [0.4, 0.5) is 5.69 Å². The van der Waals surface area contributed by atoms with Crippen molar-refractivity contribution in [2.24, 2.45) is 0 Å². The van der Waals surface area contributed by atoms with Gasteiger partial charge in [0.2, 0.25) is 0 Å². The number of hydrogen-bond donors (Lipinski definition) is 1. The molecule has 0 aromatic heterocycles. The van der Waals surface area contributed by atoms with Gasteiger partial charge in [0.15, 0.2) is 0 Å². The minimum atomic E-state index is 0.674. The van der Waals surface area contributed by atoms with Gasteiger partial charge in [-0.2, -0.15) is 0 Å². The first-order chi connectivity index (χ1) is 5.40. The summed E-state index contributed by atoms with van der Waals surface area (Å²) >= 11 is 0. The third-order valence-electron chi connectivity index (χ3n) is 2.34. The lowest BCUT2D eigenvalue weighted by atomic mass is 9.50. The van der Waals surface area contributed by atoms with E-state index in [1.54, 1.807) is 0 Å². The van der Waals surface area contributed by atoms with Gasteiger partial charge in [0, 0.05) is 5.69 Å². The highest BCUT2D eigenvalue weighted by molar-refractivity contribution is 6.90. The Morgan fingerprint density at radius 3 is 3.00 bits per heavy atom. The first kappa shape index (κ1) is 6.84. The van der Waals surface area contributed by atoms with Gasteiger partial charge in [0.1, 0.15) is 7.17 Å². The normalized spacial score (nSPS) is 20.5. The number of fused-ring (bicyclic) bond motifs is 1. The fourth-order valence-corrected chi connectivity index (χ4v) is 1.62. The van der Waals surface area contributed by atoms with E-state index in [2.05, 4.69) is 37.3 Å². The second-order valence-corrected chi connectivity index (χ2v) is 3.11. The van der Waals surface area contributed by atoms with Crippen LogP contribution in [0.2, 0.25) is 0 Å². The molecule has 0 radical (unpaired) electrons. The molecular weight excluding hydrogens is 132 g/mol. The first-order valence-electron chi connectivity index (χ1n) is 4.24. The van der Waals surface area contributed by atoms with Crippen LogP contribution in [-0.2, 0) is 6.42 Å². The maximum Gasteiger partial charge on any atom is 0.111 e. The van der Waals surface area contributed by atoms with Gasteiger partial charge in [0.05, 0.1) is 7.74 Å². The molecule has 2 rings (SSSR count). The molecule has 1 heterocycles. The average molecular weight is 143 g/mol. The predicted octanol–water partition coefficient (Wildman–Crippen LogP) is -0.0347. The molecular formula is C8H11B2N. The summed E-state index contributed by atoms with van der Waals surface area (Å²) in [5.74, 6) is 0.674. The number of anilines is 1. The third-order valence-corrected chi connectivity index (χ3v) is 2.34. The van der Waals surface area contributed by atoms with Crippen molar-refractivity contribution in [3.8, 4) is 0 Å². The summed E-state index contributed by atoms with van der Waals surface area (Å²) in [6.45, 7) is 0. The number of para-hydroxylation sites is 1. The van der Waals surface area contributed by atoms with E-state index in [-0.39, 0.29) is 0 Å². The first-order valence-corrected chi connectivity index (χ1v) is 4.24. The highest BCUT2D eigenvalue weighted by Crippen LogP contribution is 2.23. The summed E-state index contributed by atoms with van der Waals surface area (Å²) in [4.78, 5) is 0. The number of hydrogen-bond acceptors (Lipinski definition) is 1. The molecule has 0 saturated carbocycles. The quantitative estimate of drug-likeness (QED) is 0.544. The number of rotatable bonds is 1. The smallest absolute Gasteiger partial charge is 0.111 e. The molecule has 1 aliphatic heterocycles. The Hall–Kier alpha value is -0.850. The molecule has 0 spiro atoms. The van der Waals surface area contributed by atoms with Crippen molar-refractivity contribution in [3.05, 3.63) is 29.8 Å². The van der Waals surface area contributed by atoms with E-state index in [1.807, 2.05) is 0 Å². The lowest BCUT2D eigenvalue weighted by molar-refractivity contribution is 1.01. The maximum absolute atomic E-state index is 3.48. The Morgan fingerprint density at radius 1 is 1.45 bits per heavy atom. The van der Waals surface area contributed by atoms with E-state index in [4.69, 9.17) is 0 Å². The van der Waals surface area contributed by atoms with E-state index in [9.17, 15) is 0 Å². The molecule has 54 valence electrons. The van der Waals surface area contributed by atoms with Crippen LogP contribution in [0.3, 0.4) is 0 Å². The third kappa shape index (κ3) is 1.15. The Kier molecular flexibility index (Phi) is 1.65. The fraction of sp³-hybridized carbons (Fsp3) is 0.250. The molecule has 0 unspecified atom stereocenters. The molecule has 1 aromatic carbocycles. The summed E-state index contributed by atoms with van der Waals surface area (Å²) in [7, 11) is 3.44. The molecule has 1 aromatic rings. The Balaban J connectivity index is 2.27. The van der Waals surface area contributed by atoms with Crippen LogP contribution in [0.1, 0.15) is 5.56 Å². The van der Waals surface area contributed by atoms with Crippen molar-refractivity contribution in [1.29, 1.82) is 0 Å². The van der Waals surface area contributed by atoms with Crippen molar-refractivity contribution in [2.45, 2.75) is 12.4 Å². The largest absolute Gasteiger partial charge is 0.390 e. The molecule has 0 fully saturated rings. The van der Waals surface area contributed by atoms with E-state index in [0.29, 0.717) is 5.94 Å². The second kappa shape index (κ2) is 2.65. The Bertz CT molecular complexity index is 237. The minimum absolute atomic E-state index is 0.674. The van der Waals surface area contributed by atoms with Gasteiger partial charge in [-0.05, 0) is 24.0 Å². The van der Waals surface area contributed by atoms with Crippen LogP contribution in [0.5, 0.6) is 0 Å². The summed E-state index contributed by atoms with van der Waals surface area (Å²) in [6, 6.07) is 8.56. The van der Waals surface area contributed by atoms with Crippen molar-refractivity contribution in [3.63, 3.8) is 0 Å². The van der Waals surface area contributed by atoms with Crippen molar-refractivity contribution < 1.29 is 0 Å². The molecule has 1 atom stereocenters. The monoisotopic (exact) mass is 143 g/mol. The Labute approximate surface area is 68.8 Å². The van der Waals surface area contributed by atoms with Gasteiger partial charge in [-0.1, -0.05) is 18.2 Å². The van der Waals surface area contributed by atoms with Crippen LogP contribution < -0.4 is 5.32 Å². The highest BCUT2D eigenvalue weighted by Gasteiger charge is 2.17. The van der Waals surface area contributed by atoms with E-state index in [1.165, 1.54) is 24.8 Å². The molecule has 11 heavy (non-hydrogen) atoms. The number of nitrogens with one attached hydrogen (secondary N) is 1. The van der Waals surface area contributed by atoms with E-state index < -0.39 is 0 Å². The van der Waals surface area contributed by atoms with Crippen LogP contribution in [0, 0.1) is 0 Å². The van der Waals surface area contributed by atoms with Gasteiger partial charge in [-0.15, -0.1) is 0 Å². The minimum Gasteiger partial charge on any atom is -0.390 e. The fourth-order valence-electron chi connectivity index (χ4n) is 1.62. The SMILES string of the molecule is BB[C@@H]1Cc2ccccc2N1. The molecule has 1 N–H and O–H groups in total. The molecule has 1 nitrogen and oxygen atoms in total. The molecule has 0 amide bonds. The van der Waals surface area contributed by atoms with Gasteiger partial charge in [-0.3, -0.25) is 0 Å². The van der Waals surface area contributed by atoms with Gasteiger partial charge >= 0.3 is 0 Å². The molecule has 0 saturated heterocycles.